The first kappa shape index (κ1) is 19.5. The first-order valence-corrected chi connectivity index (χ1v) is 10.8. The van der Waals surface area contributed by atoms with Gasteiger partial charge in [0.25, 0.3) is 0 Å². The zero-order chi connectivity index (χ0) is 20.8. The summed E-state index contributed by atoms with van der Waals surface area (Å²) in [6.07, 6.45) is 5.16. The third kappa shape index (κ3) is 3.51. The number of rotatable bonds is 4. The van der Waals surface area contributed by atoms with Gasteiger partial charge in [-0.1, -0.05) is 18.2 Å². The first-order chi connectivity index (χ1) is 13.8. The molecule has 9 heteroatoms. The maximum absolute atomic E-state index is 14.7. The predicted octanol–water partition coefficient (Wildman–Crippen LogP) is 3.36. The minimum absolute atomic E-state index is 0.136. The highest BCUT2D eigenvalue weighted by atomic mass is 32.2. The number of fused-ring (bicyclic) bond motifs is 1. The van der Waals surface area contributed by atoms with E-state index in [4.69, 9.17) is 4.74 Å². The molecular formula is C20H19F2N3O3S. The van der Waals surface area contributed by atoms with Gasteiger partial charge in [0.05, 0.1) is 18.9 Å². The van der Waals surface area contributed by atoms with Crippen molar-refractivity contribution in [1.82, 2.24) is 13.9 Å². The summed E-state index contributed by atoms with van der Waals surface area (Å²) >= 11 is 0. The summed E-state index contributed by atoms with van der Waals surface area (Å²) in [5.74, 6) is -2.05. The minimum Gasteiger partial charge on any atom is -0.491 e. The lowest BCUT2D eigenvalue weighted by Gasteiger charge is -2.24. The molecule has 0 fully saturated rings. The maximum Gasteiger partial charge on any atom is 0.211 e. The van der Waals surface area contributed by atoms with Gasteiger partial charge in [-0.3, -0.25) is 4.57 Å². The molecule has 0 amide bonds. The van der Waals surface area contributed by atoms with Gasteiger partial charge >= 0.3 is 0 Å². The number of benzene rings is 2. The van der Waals surface area contributed by atoms with E-state index in [0.29, 0.717) is 25.2 Å². The lowest BCUT2D eigenvalue weighted by molar-refractivity contribution is 0.362. The van der Waals surface area contributed by atoms with Gasteiger partial charge in [0.1, 0.15) is 11.8 Å². The Labute approximate surface area is 167 Å². The quantitative estimate of drug-likeness (QED) is 0.651. The molecule has 0 bridgehead atoms. The summed E-state index contributed by atoms with van der Waals surface area (Å²) in [7, 11) is -1.98. The van der Waals surface area contributed by atoms with Crippen molar-refractivity contribution in [3.05, 3.63) is 59.9 Å². The molecule has 0 aliphatic carbocycles. The Hall–Kier alpha value is -2.78. The van der Waals surface area contributed by atoms with E-state index in [0.717, 1.165) is 17.2 Å². The maximum atomic E-state index is 14.7. The highest BCUT2D eigenvalue weighted by molar-refractivity contribution is 7.88. The van der Waals surface area contributed by atoms with Gasteiger partial charge in [-0.25, -0.2) is 22.2 Å². The zero-order valence-electron chi connectivity index (χ0n) is 15.9. The van der Waals surface area contributed by atoms with Crippen molar-refractivity contribution in [3.63, 3.8) is 0 Å². The SMILES string of the molecule is COc1c(F)cc2ncn(-c3ccc(C4=CCN(S(C)(=O)=O)CC4)cc3)c2c1F. The number of sulfonamides is 1. The van der Waals surface area contributed by atoms with Crippen molar-refractivity contribution in [2.24, 2.45) is 0 Å². The summed E-state index contributed by atoms with van der Waals surface area (Å²) in [6, 6.07) is 8.55. The predicted molar refractivity (Wildman–Crippen MR) is 107 cm³/mol. The number of aromatic nitrogens is 2. The van der Waals surface area contributed by atoms with Crippen LogP contribution in [-0.2, 0) is 10.0 Å². The zero-order valence-corrected chi connectivity index (χ0v) is 16.7. The molecule has 6 nitrogen and oxygen atoms in total. The van der Waals surface area contributed by atoms with E-state index in [-0.39, 0.29) is 11.0 Å². The summed E-state index contributed by atoms with van der Waals surface area (Å²) < 4.78 is 59.7. The number of ether oxygens (including phenoxy) is 1. The fourth-order valence-corrected chi connectivity index (χ4v) is 4.29. The largest absolute Gasteiger partial charge is 0.491 e. The lowest BCUT2D eigenvalue weighted by atomic mass is 10.00. The van der Waals surface area contributed by atoms with Crippen LogP contribution in [0, 0.1) is 11.6 Å². The Morgan fingerprint density at radius 2 is 1.90 bits per heavy atom. The van der Waals surface area contributed by atoms with E-state index < -0.39 is 27.4 Å². The van der Waals surface area contributed by atoms with E-state index in [1.807, 2.05) is 30.3 Å². The summed E-state index contributed by atoms with van der Waals surface area (Å²) in [4.78, 5) is 4.09. The summed E-state index contributed by atoms with van der Waals surface area (Å²) in [6.45, 7) is 0.786. The fraction of sp³-hybridized carbons (Fsp3) is 0.250. The molecule has 0 radical (unpaired) electrons. The average Bonchev–Trinajstić information content (AvgIpc) is 3.12. The monoisotopic (exact) mass is 419 g/mol. The molecule has 0 atom stereocenters. The fourth-order valence-electron chi connectivity index (χ4n) is 3.52. The molecule has 0 spiro atoms. The van der Waals surface area contributed by atoms with E-state index in [2.05, 4.69) is 4.98 Å². The molecule has 0 unspecified atom stereocenters. The van der Waals surface area contributed by atoms with Crippen LogP contribution in [0.2, 0.25) is 0 Å². The van der Waals surface area contributed by atoms with E-state index >= 15 is 0 Å². The summed E-state index contributed by atoms with van der Waals surface area (Å²) in [5.41, 5.74) is 3.02. The molecule has 1 aliphatic heterocycles. The number of hydrogen-bond acceptors (Lipinski definition) is 4. The van der Waals surface area contributed by atoms with Crippen LogP contribution in [0.1, 0.15) is 12.0 Å². The Morgan fingerprint density at radius 1 is 1.17 bits per heavy atom. The van der Waals surface area contributed by atoms with E-state index in [9.17, 15) is 17.2 Å². The second kappa shape index (κ2) is 7.23. The van der Waals surface area contributed by atoms with Gasteiger partial charge < -0.3 is 4.74 Å². The molecule has 1 aromatic heterocycles. The highest BCUT2D eigenvalue weighted by Crippen LogP contribution is 2.31. The molecule has 0 N–H and O–H groups in total. The molecule has 29 heavy (non-hydrogen) atoms. The van der Waals surface area contributed by atoms with Crippen LogP contribution in [0.3, 0.4) is 0 Å². The van der Waals surface area contributed by atoms with Crippen molar-refractivity contribution in [3.8, 4) is 11.4 Å². The van der Waals surface area contributed by atoms with Gasteiger partial charge in [0.15, 0.2) is 17.4 Å². The summed E-state index contributed by atoms with van der Waals surface area (Å²) in [5, 5.41) is 0. The van der Waals surface area contributed by atoms with Gasteiger partial charge in [-0.15, -0.1) is 0 Å². The number of hydrogen-bond donors (Lipinski definition) is 0. The lowest BCUT2D eigenvalue weighted by Crippen LogP contribution is -2.33. The Morgan fingerprint density at radius 3 is 2.48 bits per heavy atom. The van der Waals surface area contributed by atoms with Crippen LogP contribution >= 0.6 is 0 Å². The Balaban J connectivity index is 1.67. The molecule has 0 saturated heterocycles. The third-order valence-electron chi connectivity index (χ3n) is 5.04. The Kier molecular flexibility index (Phi) is 4.87. The number of imidazole rings is 1. The molecule has 1 aliphatic rings. The number of halogens is 2. The highest BCUT2D eigenvalue weighted by Gasteiger charge is 2.21. The molecule has 152 valence electrons. The minimum atomic E-state index is -3.20. The van der Waals surface area contributed by atoms with Crippen LogP contribution < -0.4 is 4.74 Å². The molecule has 0 saturated carbocycles. The van der Waals surface area contributed by atoms with Crippen molar-refractivity contribution in [2.75, 3.05) is 26.5 Å². The Bertz CT molecular complexity index is 1220. The second-order valence-corrected chi connectivity index (χ2v) is 8.82. The molecule has 3 aromatic rings. The topological polar surface area (TPSA) is 64.4 Å². The second-order valence-electron chi connectivity index (χ2n) is 6.84. The van der Waals surface area contributed by atoms with Gasteiger partial charge in [0.2, 0.25) is 10.0 Å². The van der Waals surface area contributed by atoms with Crippen LogP contribution in [0.25, 0.3) is 22.3 Å². The van der Waals surface area contributed by atoms with Crippen molar-refractivity contribution >= 4 is 26.6 Å². The molecule has 4 rings (SSSR count). The van der Waals surface area contributed by atoms with Crippen molar-refractivity contribution < 1.29 is 21.9 Å². The molecule has 2 aromatic carbocycles. The average molecular weight is 419 g/mol. The third-order valence-corrected chi connectivity index (χ3v) is 6.31. The van der Waals surface area contributed by atoms with Gasteiger partial charge in [0, 0.05) is 24.8 Å². The van der Waals surface area contributed by atoms with Crippen LogP contribution in [0.5, 0.6) is 5.75 Å². The van der Waals surface area contributed by atoms with Crippen LogP contribution in [0.15, 0.2) is 42.7 Å². The van der Waals surface area contributed by atoms with E-state index in [1.165, 1.54) is 28.6 Å². The molecular weight excluding hydrogens is 400 g/mol. The van der Waals surface area contributed by atoms with Crippen LogP contribution in [-0.4, -0.2) is 48.7 Å². The van der Waals surface area contributed by atoms with Crippen molar-refractivity contribution in [1.29, 1.82) is 0 Å². The number of nitrogens with zero attached hydrogens (tertiary/aromatic N) is 3. The number of methoxy groups -OCH3 is 1. The first-order valence-electron chi connectivity index (χ1n) is 8.93. The molecule has 2 heterocycles. The van der Waals surface area contributed by atoms with E-state index in [1.54, 1.807) is 0 Å². The normalized spacial score (nSPS) is 15.5. The van der Waals surface area contributed by atoms with Crippen molar-refractivity contribution in [2.45, 2.75) is 6.42 Å². The standard InChI is InChI=1S/C20H19F2N3O3S/c1-28-20-16(21)11-17-19(18(20)22)25(12-23-17)15-5-3-13(4-6-15)14-7-9-24(10-8-14)29(2,26)27/h3-7,11-12H,8-10H2,1-2H3. The van der Waals surface area contributed by atoms with Gasteiger partial charge in [-0.05, 0) is 29.7 Å². The van der Waals surface area contributed by atoms with Gasteiger partial charge in [-0.2, -0.15) is 4.31 Å². The smallest absolute Gasteiger partial charge is 0.211 e. The van der Waals surface area contributed by atoms with Crippen LogP contribution in [0.4, 0.5) is 8.78 Å².